The smallest absolute Gasteiger partial charge is 0.370 e. The van der Waals surface area contributed by atoms with Crippen LogP contribution >= 0.6 is 0 Å². The molecule has 0 aliphatic carbocycles. The Morgan fingerprint density at radius 1 is 1.28 bits per heavy atom. The second-order valence-corrected chi connectivity index (χ2v) is 4.24. The molecule has 1 rings (SSSR count). The summed E-state index contributed by atoms with van der Waals surface area (Å²) in [5.74, 6) is -0.189. The molecule has 0 bridgehead atoms. The van der Waals surface area contributed by atoms with Crippen LogP contribution in [0.5, 0.6) is 0 Å². The van der Waals surface area contributed by atoms with Crippen molar-refractivity contribution in [3.05, 3.63) is 0 Å². The van der Waals surface area contributed by atoms with Crippen LogP contribution in [0.25, 0.3) is 0 Å². The SMILES string of the molecule is NC(N)=NC(N)=NCC1CCN(CC(F)(F)F)C1. The summed E-state index contributed by atoms with van der Waals surface area (Å²) in [6, 6.07) is 0. The van der Waals surface area contributed by atoms with Gasteiger partial charge >= 0.3 is 6.18 Å². The molecular weight excluding hydrogens is 249 g/mol. The third-order valence-corrected chi connectivity index (χ3v) is 2.53. The van der Waals surface area contributed by atoms with E-state index >= 15 is 0 Å². The van der Waals surface area contributed by atoms with Crippen molar-refractivity contribution in [3.63, 3.8) is 0 Å². The van der Waals surface area contributed by atoms with Crippen LogP contribution in [0, 0.1) is 5.92 Å². The van der Waals surface area contributed by atoms with Gasteiger partial charge in [0.1, 0.15) is 0 Å². The van der Waals surface area contributed by atoms with Crippen LogP contribution in [0.4, 0.5) is 13.2 Å². The molecule has 0 amide bonds. The molecule has 18 heavy (non-hydrogen) atoms. The Labute approximate surface area is 103 Å². The first-order chi connectivity index (χ1) is 8.26. The first-order valence-corrected chi connectivity index (χ1v) is 5.45. The van der Waals surface area contributed by atoms with Gasteiger partial charge in [0.2, 0.25) is 5.96 Å². The molecule has 0 aromatic carbocycles. The van der Waals surface area contributed by atoms with Gasteiger partial charge in [0.15, 0.2) is 5.96 Å². The van der Waals surface area contributed by atoms with Gasteiger partial charge in [-0.3, -0.25) is 9.89 Å². The maximum atomic E-state index is 12.2. The Balaban J connectivity index is 2.37. The summed E-state index contributed by atoms with van der Waals surface area (Å²) >= 11 is 0. The Morgan fingerprint density at radius 2 is 1.94 bits per heavy atom. The summed E-state index contributed by atoms with van der Waals surface area (Å²) in [7, 11) is 0. The molecule has 1 aliphatic heterocycles. The van der Waals surface area contributed by atoms with E-state index in [1.165, 1.54) is 4.90 Å². The highest BCUT2D eigenvalue weighted by Gasteiger charge is 2.34. The molecule has 1 atom stereocenters. The average Bonchev–Trinajstić information content (AvgIpc) is 2.58. The van der Waals surface area contributed by atoms with E-state index in [1.807, 2.05) is 0 Å². The molecule has 1 aliphatic rings. The van der Waals surface area contributed by atoms with E-state index in [0.29, 0.717) is 26.1 Å². The molecule has 0 aromatic heterocycles. The van der Waals surface area contributed by atoms with Crippen LogP contribution in [0.15, 0.2) is 9.98 Å². The highest BCUT2D eigenvalue weighted by molar-refractivity contribution is 5.92. The van der Waals surface area contributed by atoms with Crippen LogP contribution in [-0.2, 0) is 0 Å². The zero-order valence-electron chi connectivity index (χ0n) is 9.82. The third kappa shape index (κ3) is 5.71. The van der Waals surface area contributed by atoms with Crippen LogP contribution < -0.4 is 17.2 Å². The Morgan fingerprint density at radius 3 is 2.50 bits per heavy atom. The molecule has 1 unspecified atom stereocenters. The highest BCUT2D eigenvalue weighted by Crippen LogP contribution is 2.22. The lowest BCUT2D eigenvalue weighted by Gasteiger charge is -2.17. The molecule has 1 saturated heterocycles. The quantitative estimate of drug-likeness (QED) is 0.471. The number of rotatable bonds is 3. The highest BCUT2D eigenvalue weighted by atomic mass is 19.4. The van der Waals surface area contributed by atoms with E-state index in [4.69, 9.17) is 17.2 Å². The molecule has 6 N–H and O–H groups in total. The van der Waals surface area contributed by atoms with Gasteiger partial charge < -0.3 is 17.2 Å². The van der Waals surface area contributed by atoms with Crippen LogP contribution in [0.3, 0.4) is 0 Å². The number of likely N-dealkylation sites (tertiary alicyclic amines) is 1. The topological polar surface area (TPSA) is 106 Å². The predicted octanol–water partition coefficient (Wildman–Crippen LogP) is -0.541. The van der Waals surface area contributed by atoms with Gasteiger partial charge in [-0.15, -0.1) is 0 Å². The maximum absolute atomic E-state index is 12.2. The molecular formula is C9H17F3N6. The lowest BCUT2D eigenvalue weighted by Crippen LogP contribution is -2.32. The Bertz CT molecular complexity index is 334. The van der Waals surface area contributed by atoms with E-state index < -0.39 is 12.7 Å². The van der Waals surface area contributed by atoms with Crippen LogP contribution in [0.2, 0.25) is 0 Å². The number of alkyl halides is 3. The Hall–Kier alpha value is -1.51. The fourth-order valence-electron chi connectivity index (χ4n) is 1.85. The van der Waals surface area contributed by atoms with E-state index in [2.05, 4.69) is 9.98 Å². The van der Waals surface area contributed by atoms with E-state index in [1.54, 1.807) is 0 Å². The number of nitrogens with zero attached hydrogens (tertiary/aromatic N) is 3. The van der Waals surface area contributed by atoms with Gasteiger partial charge in [0.25, 0.3) is 0 Å². The average molecular weight is 266 g/mol. The van der Waals surface area contributed by atoms with Crippen molar-refractivity contribution in [2.45, 2.75) is 12.6 Å². The van der Waals surface area contributed by atoms with Gasteiger partial charge in [-0.1, -0.05) is 0 Å². The molecule has 0 aromatic rings. The third-order valence-electron chi connectivity index (χ3n) is 2.53. The molecule has 104 valence electrons. The van der Waals surface area contributed by atoms with Crippen molar-refractivity contribution in [2.75, 3.05) is 26.2 Å². The van der Waals surface area contributed by atoms with Crippen molar-refractivity contribution in [1.29, 1.82) is 0 Å². The van der Waals surface area contributed by atoms with E-state index in [-0.39, 0.29) is 17.8 Å². The zero-order valence-corrected chi connectivity index (χ0v) is 9.82. The molecule has 0 saturated carbocycles. The molecule has 0 radical (unpaired) electrons. The minimum Gasteiger partial charge on any atom is -0.370 e. The van der Waals surface area contributed by atoms with Crippen molar-refractivity contribution < 1.29 is 13.2 Å². The summed E-state index contributed by atoms with van der Waals surface area (Å²) in [6.45, 7) is 0.230. The second-order valence-electron chi connectivity index (χ2n) is 4.24. The van der Waals surface area contributed by atoms with Gasteiger partial charge in [-0.2, -0.15) is 18.2 Å². The zero-order chi connectivity index (χ0) is 13.8. The lowest BCUT2D eigenvalue weighted by atomic mass is 10.1. The number of halogens is 3. The first kappa shape index (κ1) is 14.6. The monoisotopic (exact) mass is 266 g/mol. The van der Waals surface area contributed by atoms with Gasteiger partial charge in [-0.05, 0) is 18.9 Å². The molecule has 1 heterocycles. The van der Waals surface area contributed by atoms with Crippen LogP contribution in [-0.4, -0.2) is 49.2 Å². The number of aliphatic imine (C=N–C) groups is 2. The normalized spacial score (nSPS) is 22.2. The van der Waals surface area contributed by atoms with Gasteiger partial charge in [0.05, 0.1) is 6.54 Å². The van der Waals surface area contributed by atoms with Crippen LogP contribution in [0.1, 0.15) is 6.42 Å². The summed E-state index contributed by atoms with van der Waals surface area (Å²) in [4.78, 5) is 8.80. The number of guanidine groups is 2. The first-order valence-electron chi connectivity index (χ1n) is 5.45. The summed E-state index contributed by atoms with van der Waals surface area (Å²) in [5.41, 5.74) is 15.6. The lowest BCUT2D eigenvalue weighted by molar-refractivity contribution is -0.143. The predicted molar refractivity (Wildman–Crippen MR) is 62.9 cm³/mol. The summed E-state index contributed by atoms with van der Waals surface area (Å²) < 4.78 is 36.5. The van der Waals surface area contributed by atoms with Gasteiger partial charge in [-0.25, -0.2) is 0 Å². The minimum atomic E-state index is -4.16. The number of nitrogens with two attached hydrogens (primary N) is 3. The number of hydrogen-bond acceptors (Lipinski definition) is 2. The Kier molecular flexibility index (Phi) is 4.76. The molecule has 1 fully saturated rings. The summed E-state index contributed by atoms with van der Waals surface area (Å²) in [5, 5.41) is 0. The van der Waals surface area contributed by atoms with Gasteiger partial charge in [0, 0.05) is 13.1 Å². The van der Waals surface area contributed by atoms with Crippen molar-refractivity contribution in [2.24, 2.45) is 33.1 Å². The van der Waals surface area contributed by atoms with Crippen molar-refractivity contribution >= 4 is 11.9 Å². The van der Waals surface area contributed by atoms with E-state index in [0.717, 1.165) is 0 Å². The largest absolute Gasteiger partial charge is 0.401 e. The van der Waals surface area contributed by atoms with Crippen molar-refractivity contribution in [1.82, 2.24) is 4.90 Å². The second kappa shape index (κ2) is 5.89. The maximum Gasteiger partial charge on any atom is 0.401 e. The fraction of sp³-hybridized carbons (Fsp3) is 0.778. The number of hydrogen-bond donors (Lipinski definition) is 3. The minimum absolute atomic E-state index is 0.0516. The van der Waals surface area contributed by atoms with Crippen molar-refractivity contribution in [3.8, 4) is 0 Å². The fourth-order valence-corrected chi connectivity index (χ4v) is 1.85. The molecule has 9 heteroatoms. The van der Waals surface area contributed by atoms with E-state index in [9.17, 15) is 13.2 Å². The standard InChI is InChI=1S/C9H17F3N6/c10-9(11,12)5-18-2-1-6(4-18)3-16-8(15)17-7(13)14/h6H,1-5H2,(H6,13,14,15,16,17). The summed E-state index contributed by atoms with van der Waals surface area (Å²) in [6.07, 6.45) is -3.50. The molecule has 6 nitrogen and oxygen atoms in total. The molecule has 0 spiro atoms.